The summed E-state index contributed by atoms with van der Waals surface area (Å²) >= 11 is 0. The summed E-state index contributed by atoms with van der Waals surface area (Å²) < 4.78 is 4.67. The molecule has 20 heavy (non-hydrogen) atoms. The Morgan fingerprint density at radius 3 is 2.50 bits per heavy atom. The van der Waals surface area contributed by atoms with Gasteiger partial charge in [0.15, 0.2) is 0 Å². The van der Waals surface area contributed by atoms with E-state index in [0.717, 1.165) is 42.4 Å². The number of hydrogen-bond donors (Lipinski definition) is 1. The molecule has 1 N–H and O–H groups in total. The molecule has 1 atom stereocenters. The fourth-order valence-electron chi connectivity index (χ4n) is 2.43. The van der Waals surface area contributed by atoms with E-state index in [0.29, 0.717) is 5.56 Å². The van der Waals surface area contributed by atoms with Crippen LogP contribution in [0.2, 0.25) is 0 Å². The first kappa shape index (κ1) is 14.6. The molecule has 3 nitrogen and oxygen atoms in total. The number of carbonyl (C=O) groups excluding carboxylic acids is 1. The van der Waals surface area contributed by atoms with Crippen molar-refractivity contribution in [1.29, 1.82) is 0 Å². The third kappa shape index (κ3) is 3.38. The molecule has 1 fully saturated rings. The molecule has 1 aliphatic rings. The van der Waals surface area contributed by atoms with Gasteiger partial charge in [-0.15, -0.1) is 5.73 Å². The zero-order valence-corrected chi connectivity index (χ0v) is 12.0. The number of carbonyl (C=O) groups is 1. The molecule has 1 saturated carbocycles. The highest BCUT2D eigenvalue weighted by molar-refractivity contribution is 5.89. The highest BCUT2D eigenvalue weighted by Gasteiger charge is 2.15. The van der Waals surface area contributed by atoms with Crippen LogP contribution >= 0.6 is 0 Å². The second-order valence-electron chi connectivity index (χ2n) is 5.11. The van der Waals surface area contributed by atoms with Crippen LogP contribution < -0.4 is 0 Å². The van der Waals surface area contributed by atoms with Crippen molar-refractivity contribution in [2.45, 2.75) is 38.7 Å². The van der Waals surface area contributed by atoms with E-state index in [2.05, 4.69) is 10.5 Å². The normalized spacial score (nSPS) is 18.4. The first-order chi connectivity index (χ1) is 9.61. The summed E-state index contributed by atoms with van der Waals surface area (Å²) in [4.78, 5) is 11.4. The summed E-state index contributed by atoms with van der Waals surface area (Å²) in [5.74, 6) is -0.334. The van der Waals surface area contributed by atoms with E-state index < -0.39 is 0 Å². The summed E-state index contributed by atoms with van der Waals surface area (Å²) in [5, 5.41) is 9.94. The molecule has 0 aromatic heterocycles. The van der Waals surface area contributed by atoms with Gasteiger partial charge in [0.25, 0.3) is 0 Å². The molecule has 0 bridgehead atoms. The monoisotopic (exact) mass is 272 g/mol. The molecule has 1 aliphatic carbocycles. The second kappa shape index (κ2) is 6.56. The minimum Gasteiger partial charge on any atom is -0.465 e. The van der Waals surface area contributed by atoms with Crippen LogP contribution in [-0.2, 0) is 4.74 Å². The Balaban J connectivity index is 2.26. The van der Waals surface area contributed by atoms with E-state index >= 15 is 0 Å². The third-order valence-corrected chi connectivity index (χ3v) is 3.66. The molecule has 0 aliphatic heterocycles. The maximum atomic E-state index is 11.4. The largest absolute Gasteiger partial charge is 0.465 e. The summed E-state index contributed by atoms with van der Waals surface area (Å²) in [6, 6.07) is 7.25. The van der Waals surface area contributed by atoms with E-state index in [9.17, 15) is 9.90 Å². The fourth-order valence-corrected chi connectivity index (χ4v) is 2.43. The standard InChI is InChI=1S/C17H20O3/c1-12(11-15-5-3-4-6-16(15)18)13-7-9-14(10-8-13)17(19)20-2/h7-10,16,18H,3-6H2,1-2H3. The van der Waals surface area contributed by atoms with Crippen LogP contribution in [0, 0.1) is 0 Å². The van der Waals surface area contributed by atoms with Crippen molar-refractivity contribution in [3.8, 4) is 0 Å². The average Bonchev–Trinajstić information content (AvgIpc) is 2.49. The minimum absolute atomic E-state index is 0.334. The predicted octanol–water partition coefficient (Wildman–Crippen LogP) is 3.34. The fraction of sp³-hybridized carbons (Fsp3) is 0.412. The van der Waals surface area contributed by atoms with Crippen molar-refractivity contribution in [2.75, 3.05) is 7.11 Å². The maximum Gasteiger partial charge on any atom is 0.337 e. The van der Waals surface area contributed by atoms with E-state index in [1.54, 1.807) is 12.1 Å². The summed E-state index contributed by atoms with van der Waals surface area (Å²) in [5.41, 5.74) is 6.83. The van der Waals surface area contributed by atoms with Gasteiger partial charge in [-0.25, -0.2) is 4.79 Å². The molecule has 0 saturated heterocycles. The van der Waals surface area contributed by atoms with Gasteiger partial charge < -0.3 is 9.84 Å². The van der Waals surface area contributed by atoms with Crippen LogP contribution in [0.3, 0.4) is 0 Å². The van der Waals surface area contributed by atoms with Crippen LogP contribution in [0.4, 0.5) is 0 Å². The lowest BCUT2D eigenvalue weighted by Gasteiger charge is -2.18. The summed E-state index contributed by atoms with van der Waals surface area (Å²) in [7, 11) is 1.37. The molecule has 1 unspecified atom stereocenters. The molecule has 0 radical (unpaired) electrons. The number of esters is 1. The Morgan fingerprint density at radius 2 is 1.90 bits per heavy atom. The van der Waals surface area contributed by atoms with Crippen LogP contribution in [0.25, 0.3) is 5.57 Å². The molecule has 2 rings (SSSR count). The van der Waals surface area contributed by atoms with Gasteiger partial charge in [-0.3, -0.25) is 0 Å². The third-order valence-electron chi connectivity index (χ3n) is 3.66. The number of rotatable bonds is 2. The predicted molar refractivity (Wildman–Crippen MR) is 78.4 cm³/mol. The lowest BCUT2D eigenvalue weighted by Crippen LogP contribution is -2.14. The lowest BCUT2D eigenvalue weighted by molar-refractivity contribution is 0.0600. The Bertz CT molecular complexity index is 548. The van der Waals surface area contributed by atoms with E-state index in [-0.39, 0.29) is 12.1 Å². The first-order valence-corrected chi connectivity index (χ1v) is 6.95. The van der Waals surface area contributed by atoms with Crippen molar-refractivity contribution in [1.82, 2.24) is 0 Å². The Hall–Kier alpha value is -1.83. The average molecular weight is 272 g/mol. The minimum atomic E-state index is -0.354. The number of hydrogen-bond acceptors (Lipinski definition) is 3. The summed E-state index contributed by atoms with van der Waals surface area (Å²) in [6.07, 6.45) is 3.59. The van der Waals surface area contributed by atoms with Crippen LogP contribution in [0.15, 0.2) is 35.6 Å². The molecule has 1 aromatic carbocycles. The van der Waals surface area contributed by atoms with Crippen molar-refractivity contribution < 1.29 is 14.6 Å². The molecule has 0 heterocycles. The number of methoxy groups -OCH3 is 1. The summed E-state index contributed by atoms with van der Waals surface area (Å²) in [6.45, 7) is 1.97. The Morgan fingerprint density at radius 1 is 1.25 bits per heavy atom. The van der Waals surface area contributed by atoms with Crippen LogP contribution in [0.1, 0.15) is 48.5 Å². The molecule has 3 heteroatoms. The SMILES string of the molecule is COC(=O)c1ccc(C(C)=C=C2CCCCC2O)cc1. The molecular weight excluding hydrogens is 252 g/mol. The lowest BCUT2D eigenvalue weighted by atomic mass is 9.92. The smallest absolute Gasteiger partial charge is 0.337 e. The number of benzene rings is 1. The number of aliphatic hydroxyl groups is 1. The highest BCUT2D eigenvalue weighted by Crippen LogP contribution is 2.24. The quantitative estimate of drug-likeness (QED) is 0.663. The van der Waals surface area contributed by atoms with E-state index in [1.807, 2.05) is 19.1 Å². The van der Waals surface area contributed by atoms with Gasteiger partial charge in [0, 0.05) is 5.57 Å². The van der Waals surface area contributed by atoms with Gasteiger partial charge >= 0.3 is 5.97 Å². The zero-order chi connectivity index (χ0) is 14.5. The zero-order valence-electron chi connectivity index (χ0n) is 12.0. The van der Waals surface area contributed by atoms with Gasteiger partial charge in [0.2, 0.25) is 0 Å². The molecule has 0 spiro atoms. The number of aliphatic hydroxyl groups excluding tert-OH is 1. The van der Waals surface area contributed by atoms with Gasteiger partial charge in [-0.2, -0.15) is 0 Å². The van der Waals surface area contributed by atoms with Gasteiger partial charge in [0.05, 0.1) is 18.8 Å². The van der Waals surface area contributed by atoms with Gasteiger partial charge in [-0.05, 0) is 49.5 Å². The first-order valence-electron chi connectivity index (χ1n) is 6.95. The van der Waals surface area contributed by atoms with Crippen LogP contribution in [0.5, 0.6) is 0 Å². The molecule has 1 aromatic rings. The van der Waals surface area contributed by atoms with E-state index in [1.165, 1.54) is 7.11 Å². The molecular formula is C17H20O3. The topological polar surface area (TPSA) is 46.5 Å². The van der Waals surface area contributed by atoms with Crippen molar-refractivity contribution in [3.63, 3.8) is 0 Å². The van der Waals surface area contributed by atoms with Crippen molar-refractivity contribution in [2.24, 2.45) is 0 Å². The Labute approximate surface area is 119 Å². The van der Waals surface area contributed by atoms with Gasteiger partial charge in [0.1, 0.15) is 0 Å². The molecule has 106 valence electrons. The number of ether oxygens (including phenoxy) is 1. The van der Waals surface area contributed by atoms with E-state index in [4.69, 9.17) is 0 Å². The second-order valence-corrected chi connectivity index (χ2v) is 5.11. The Kier molecular flexibility index (Phi) is 4.78. The van der Waals surface area contributed by atoms with Gasteiger partial charge in [-0.1, -0.05) is 18.6 Å². The molecule has 0 amide bonds. The highest BCUT2D eigenvalue weighted by atomic mass is 16.5. The van der Waals surface area contributed by atoms with Crippen molar-refractivity contribution >= 4 is 11.5 Å². The van der Waals surface area contributed by atoms with Crippen molar-refractivity contribution in [3.05, 3.63) is 46.7 Å². The van der Waals surface area contributed by atoms with Crippen LogP contribution in [-0.4, -0.2) is 24.3 Å². The maximum absolute atomic E-state index is 11.4.